The molecule has 1 aliphatic heterocycles. The van der Waals surface area contributed by atoms with Gasteiger partial charge < -0.3 is 19.7 Å². The fourth-order valence-corrected chi connectivity index (χ4v) is 3.25. The molecule has 1 fully saturated rings. The first kappa shape index (κ1) is 20.1. The van der Waals surface area contributed by atoms with Crippen LogP contribution in [-0.2, 0) is 4.74 Å². The molecular formula is C20H20ClN5O4. The standard InChI is InChI=1S/C20H20ClN5O4/c1-11(17-9-15(25-30-17)13-3-5-14(21)6-4-13)23-19-22-8-7-18(24-19)26-16(12(2)27)10-29-20(26)28/h3-9,11-12,16,27H,10H2,1-2H3,(H,22,23,24)/t11-,12-,16-/m1/s1. The number of aromatic nitrogens is 3. The Morgan fingerprint density at radius 2 is 2.03 bits per heavy atom. The van der Waals surface area contributed by atoms with Crippen LogP contribution in [0.25, 0.3) is 11.3 Å². The fraction of sp³-hybridized carbons (Fsp3) is 0.300. The molecule has 3 aromatic rings. The molecule has 2 aromatic heterocycles. The number of benzene rings is 1. The quantitative estimate of drug-likeness (QED) is 0.610. The number of aliphatic hydroxyl groups excluding tert-OH is 1. The van der Waals surface area contributed by atoms with Gasteiger partial charge in [0.1, 0.15) is 24.2 Å². The van der Waals surface area contributed by atoms with E-state index in [1.165, 1.54) is 11.1 Å². The maximum absolute atomic E-state index is 12.1. The summed E-state index contributed by atoms with van der Waals surface area (Å²) in [5, 5.41) is 17.8. The Kier molecular flexibility index (Phi) is 5.56. The second-order valence-corrected chi connectivity index (χ2v) is 7.42. The van der Waals surface area contributed by atoms with Crippen molar-refractivity contribution in [2.45, 2.75) is 32.0 Å². The zero-order chi connectivity index (χ0) is 21.3. The first-order chi connectivity index (χ1) is 14.4. The minimum Gasteiger partial charge on any atom is -0.447 e. The molecule has 3 atom stereocenters. The number of rotatable bonds is 6. The average molecular weight is 430 g/mol. The summed E-state index contributed by atoms with van der Waals surface area (Å²) >= 11 is 5.93. The molecular weight excluding hydrogens is 410 g/mol. The third kappa shape index (κ3) is 4.07. The Morgan fingerprint density at radius 1 is 1.27 bits per heavy atom. The van der Waals surface area contributed by atoms with Crippen LogP contribution >= 0.6 is 11.6 Å². The molecule has 0 radical (unpaired) electrons. The number of cyclic esters (lactones) is 1. The summed E-state index contributed by atoms with van der Waals surface area (Å²) in [5.41, 5.74) is 1.57. The molecule has 0 spiro atoms. The molecule has 0 saturated carbocycles. The molecule has 2 N–H and O–H groups in total. The number of nitrogens with one attached hydrogen (secondary N) is 1. The van der Waals surface area contributed by atoms with Crippen LogP contribution < -0.4 is 10.2 Å². The molecule has 1 aliphatic rings. The van der Waals surface area contributed by atoms with E-state index in [9.17, 15) is 9.90 Å². The maximum atomic E-state index is 12.1. The molecule has 10 heteroatoms. The molecule has 0 unspecified atom stereocenters. The van der Waals surface area contributed by atoms with Crippen molar-refractivity contribution < 1.29 is 19.2 Å². The number of aliphatic hydroxyl groups is 1. The van der Waals surface area contributed by atoms with Crippen LogP contribution in [0.15, 0.2) is 47.1 Å². The number of ether oxygens (including phenoxy) is 1. The second kappa shape index (κ2) is 8.29. The van der Waals surface area contributed by atoms with Crippen LogP contribution in [0.3, 0.4) is 0 Å². The molecule has 1 aromatic carbocycles. The highest BCUT2D eigenvalue weighted by atomic mass is 35.5. The van der Waals surface area contributed by atoms with Crippen LogP contribution in [0.5, 0.6) is 0 Å². The van der Waals surface area contributed by atoms with Crippen molar-refractivity contribution in [3.63, 3.8) is 0 Å². The summed E-state index contributed by atoms with van der Waals surface area (Å²) in [4.78, 5) is 22.0. The average Bonchev–Trinajstić information content (AvgIpc) is 3.36. The van der Waals surface area contributed by atoms with Crippen molar-refractivity contribution in [2.75, 3.05) is 16.8 Å². The van der Waals surface area contributed by atoms with Gasteiger partial charge in [0.15, 0.2) is 5.76 Å². The van der Waals surface area contributed by atoms with Crippen molar-refractivity contribution in [2.24, 2.45) is 0 Å². The lowest BCUT2D eigenvalue weighted by Gasteiger charge is -2.22. The van der Waals surface area contributed by atoms with Crippen molar-refractivity contribution in [1.82, 2.24) is 15.1 Å². The van der Waals surface area contributed by atoms with E-state index in [0.717, 1.165) is 5.56 Å². The van der Waals surface area contributed by atoms with E-state index in [4.69, 9.17) is 20.9 Å². The van der Waals surface area contributed by atoms with E-state index in [1.54, 1.807) is 25.1 Å². The van der Waals surface area contributed by atoms with Crippen LogP contribution in [0.2, 0.25) is 5.02 Å². The third-order valence-electron chi connectivity index (χ3n) is 4.79. The SMILES string of the molecule is C[C@@H](Nc1nccc(N2C(=O)OC[C@@H]2[C@@H](C)O)n1)c1cc(-c2ccc(Cl)cc2)no1. The van der Waals surface area contributed by atoms with Crippen LogP contribution in [0.4, 0.5) is 16.6 Å². The van der Waals surface area contributed by atoms with Crippen molar-refractivity contribution in [1.29, 1.82) is 0 Å². The summed E-state index contributed by atoms with van der Waals surface area (Å²) in [6, 6.07) is 9.93. The number of carbonyl (C=O) groups excluding carboxylic acids is 1. The highest BCUT2D eigenvalue weighted by Crippen LogP contribution is 2.27. The summed E-state index contributed by atoms with van der Waals surface area (Å²) in [5.74, 6) is 1.23. The Bertz CT molecular complexity index is 1040. The third-order valence-corrected chi connectivity index (χ3v) is 5.04. The summed E-state index contributed by atoms with van der Waals surface area (Å²) < 4.78 is 10.5. The first-order valence-corrected chi connectivity index (χ1v) is 9.76. The normalized spacial score (nSPS) is 18.2. The van der Waals surface area contributed by atoms with Gasteiger partial charge >= 0.3 is 6.09 Å². The zero-order valence-electron chi connectivity index (χ0n) is 16.3. The number of hydrogen-bond acceptors (Lipinski definition) is 8. The van der Waals surface area contributed by atoms with Gasteiger partial charge in [0.2, 0.25) is 5.95 Å². The van der Waals surface area contributed by atoms with Gasteiger partial charge in [-0.25, -0.2) is 9.78 Å². The van der Waals surface area contributed by atoms with Crippen molar-refractivity contribution in [3.8, 4) is 11.3 Å². The van der Waals surface area contributed by atoms with Crippen molar-refractivity contribution in [3.05, 3.63) is 53.4 Å². The molecule has 0 aliphatic carbocycles. The number of nitrogens with zero attached hydrogens (tertiary/aromatic N) is 4. The highest BCUT2D eigenvalue weighted by Gasteiger charge is 2.38. The van der Waals surface area contributed by atoms with Gasteiger partial charge in [-0.3, -0.25) is 4.90 Å². The predicted octanol–water partition coefficient (Wildman–Crippen LogP) is 3.66. The van der Waals surface area contributed by atoms with Gasteiger partial charge in [0.05, 0.1) is 12.1 Å². The van der Waals surface area contributed by atoms with Crippen LogP contribution in [-0.4, -0.2) is 45.1 Å². The Balaban J connectivity index is 1.50. The molecule has 156 valence electrons. The molecule has 30 heavy (non-hydrogen) atoms. The van der Waals surface area contributed by atoms with Crippen LogP contribution in [0, 0.1) is 0 Å². The van der Waals surface area contributed by atoms with Gasteiger partial charge in [-0.2, -0.15) is 4.98 Å². The topological polar surface area (TPSA) is 114 Å². The monoisotopic (exact) mass is 429 g/mol. The molecule has 3 heterocycles. The molecule has 9 nitrogen and oxygen atoms in total. The Morgan fingerprint density at radius 3 is 2.77 bits per heavy atom. The number of halogens is 1. The number of anilines is 2. The van der Waals surface area contributed by atoms with Gasteiger partial charge in [-0.05, 0) is 32.0 Å². The first-order valence-electron chi connectivity index (χ1n) is 9.38. The highest BCUT2D eigenvalue weighted by molar-refractivity contribution is 6.30. The summed E-state index contributed by atoms with van der Waals surface area (Å²) in [6.45, 7) is 3.58. The van der Waals surface area contributed by atoms with Gasteiger partial charge in [0, 0.05) is 22.8 Å². The van der Waals surface area contributed by atoms with E-state index >= 15 is 0 Å². The van der Waals surface area contributed by atoms with Gasteiger partial charge in [0.25, 0.3) is 0 Å². The van der Waals surface area contributed by atoms with Gasteiger partial charge in [-0.15, -0.1) is 0 Å². The minimum atomic E-state index is -0.762. The second-order valence-electron chi connectivity index (χ2n) is 6.98. The predicted molar refractivity (Wildman–Crippen MR) is 110 cm³/mol. The zero-order valence-corrected chi connectivity index (χ0v) is 17.1. The summed E-state index contributed by atoms with van der Waals surface area (Å²) in [7, 11) is 0. The smallest absolute Gasteiger partial charge is 0.416 e. The van der Waals surface area contributed by atoms with E-state index in [2.05, 4.69) is 20.4 Å². The maximum Gasteiger partial charge on any atom is 0.416 e. The molecule has 1 amide bonds. The lowest BCUT2D eigenvalue weighted by Crippen LogP contribution is -2.41. The Hall–Kier alpha value is -3.17. The lowest BCUT2D eigenvalue weighted by atomic mass is 10.1. The van der Waals surface area contributed by atoms with Crippen LogP contribution in [0.1, 0.15) is 25.6 Å². The fourth-order valence-electron chi connectivity index (χ4n) is 3.12. The number of amides is 1. The Labute approximate surface area is 177 Å². The minimum absolute atomic E-state index is 0.102. The number of carbonyl (C=O) groups is 1. The summed E-state index contributed by atoms with van der Waals surface area (Å²) in [6.07, 6.45) is 0.213. The lowest BCUT2D eigenvalue weighted by molar-refractivity contribution is 0.142. The van der Waals surface area contributed by atoms with Gasteiger partial charge in [-0.1, -0.05) is 28.9 Å². The number of hydrogen-bond donors (Lipinski definition) is 2. The molecule has 1 saturated heterocycles. The van der Waals surface area contributed by atoms with E-state index in [0.29, 0.717) is 28.2 Å². The largest absolute Gasteiger partial charge is 0.447 e. The van der Waals surface area contributed by atoms with E-state index in [1.807, 2.05) is 25.1 Å². The van der Waals surface area contributed by atoms with E-state index in [-0.39, 0.29) is 12.6 Å². The molecule has 0 bridgehead atoms. The van der Waals surface area contributed by atoms with Crippen molar-refractivity contribution >= 4 is 29.5 Å². The van der Waals surface area contributed by atoms with E-state index < -0.39 is 18.2 Å². The molecule has 4 rings (SSSR count).